The number of halogens is 1. The maximum atomic E-state index is 6.06. The first-order chi connectivity index (χ1) is 7.74. The summed E-state index contributed by atoms with van der Waals surface area (Å²) in [5.41, 5.74) is 2.60. The van der Waals surface area contributed by atoms with Crippen LogP contribution in [0.4, 0.5) is 0 Å². The van der Waals surface area contributed by atoms with Gasteiger partial charge in [0.2, 0.25) is 0 Å². The van der Waals surface area contributed by atoms with Crippen molar-refractivity contribution < 1.29 is 0 Å². The van der Waals surface area contributed by atoms with Crippen molar-refractivity contribution in [3.8, 4) is 11.5 Å². The second-order valence-corrected chi connectivity index (χ2v) is 4.94. The Morgan fingerprint density at radius 2 is 2.19 bits per heavy atom. The lowest BCUT2D eigenvalue weighted by atomic mass is 10.3. The summed E-state index contributed by atoms with van der Waals surface area (Å²) < 4.78 is 0. The molecule has 2 aromatic heterocycles. The lowest BCUT2D eigenvalue weighted by Crippen LogP contribution is -1.79. The van der Waals surface area contributed by atoms with Crippen molar-refractivity contribution >= 4 is 34.0 Å². The topological polar surface area (TPSA) is 41.6 Å². The molecule has 1 N–H and O–H groups in total. The van der Waals surface area contributed by atoms with Crippen LogP contribution in [0.2, 0.25) is 5.02 Å². The largest absolute Gasteiger partial charge is 0.337 e. The quantitative estimate of drug-likeness (QED) is 0.715. The van der Waals surface area contributed by atoms with Gasteiger partial charge in [0.1, 0.15) is 11.2 Å². The Morgan fingerprint density at radius 3 is 2.88 bits per heavy atom. The van der Waals surface area contributed by atoms with Crippen molar-refractivity contribution in [2.24, 2.45) is 0 Å². The number of para-hydroxylation sites is 1. The molecule has 80 valence electrons. The zero-order chi connectivity index (χ0) is 11.1. The molecule has 0 amide bonds. The van der Waals surface area contributed by atoms with Crippen molar-refractivity contribution in [1.82, 2.24) is 15.0 Å². The molecule has 0 saturated heterocycles. The summed E-state index contributed by atoms with van der Waals surface area (Å²) in [5, 5.41) is 3.68. The lowest BCUT2D eigenvalue weighted by Gasteiger charge is -1.88. The Hall–Kier alpha value is -1.39. The molecule has 1 aromatic carbocycles. The number of nitrogens with zero attached hydrogens (tertiary/aromatic N) is 2. The monoisotopic (exact) mass is 249 g/mol. The Labute approximate surface area is 101 Å². The van der Waals surface area contributed by atoms with Gasteiger partial charge in [-0.05, 0) is 19.1 Å². The molecule has 3 aromatic rings. The predicted octanol–water partition coefficient (Wildman–Crippen LogP) is 3.65. The number of thiazole rings is 1. The zero-order valence-corrected chi connectivity index (χ0v) is 10.1. The van der Waals surface area contributed by atoms with Gasteiger partial charge in [-0.3, -0.25) is 0 Å². The van der Waals surface area contributed by atoms with Gasteiger partial charge < -0.3 is 4.98 Å². The van der Waals surface area contributed by atoms with E-state index in [0.29, 0.717) is 5.02 Å². The van der Waals surface area contributed by atoms with E-state index >= 15 is 0 Å². The number of nitrogens with one attached hydrogen (secondary N) is 1. The van der Waals surface area contributed by atoms with Gasteiger partial charge >= 0.3 is 0 Å². The highest BCUT2D eigenvalue weighted by Gasteiger charge is 2.09. The molecule has 0 spiro atoms. The highest BCUT2D eigenvalue weighted by Crippen LogP contribution is 2.25. The number of H-pyrrole nitrogens is 1. The SMILES string of the molecule is Cc1nc(-c2nc3c(Cl)cccc3[nH]2)cs1. The van der Waals surface area contributed by atoms with Gasteiger partial charge in [0.05, 0.1) is 15.5 Å². The van der Waals surface area contributed by atoms with Crippen LogP contribution >= 0.6 is 22.9 Å². The van der Waals surface area contributed by atoms with E-state index in [4.69, 9.17) is 11.6 Å². The molecule has 0 fully saturated rings. The summed E-state index contributed by atoms with van der Waals surface area (Å²) in [5.74, 6) is 0.771. The fraction of sp³-hybridized carbons (Fsp3) is 0.0909. The highest BCUT2D eigenvalue weighted by atomic mass is 35.5. The molecule has 0 atom stereocenters. The van der Waals surface area contributed by atoms with Gasteiger partial charge in [-0.25, -0.2) is 9.97 Å². The minimum Gasteiger partial charge on any atom is -0.337 e. The number of fused-ring (bicyclic) bond motifs is 1. The minimum atomic E-state index is 0.659. The van der Waals surface area contributed by atoms with Gasteiger partial charge in [0, 0.05) is 5.38 Å². The van der Waals surface area contributed by atoms with E-state index in [9.17, 15) is 0 Å². The molecule has 0 aliphatic carbocycles. The van der Waals surface area contributed by atoms with Crippen LogP contribution in [-0.4, -0.2) is 15.0 Å². The first-order valence-corrected chi connectivity index (χ1v) is 6.06. The smallest absolute Gasteiger partial charge is 0.158 e. The van der Waals surface area contributed by atoms with Crippen LogP contribution in [0.25, 0.3) is 22.6 Å². The Morgan fingerprint density at radius 1 is 1.31 bits per heavy atom. The predicted molar refractivity (Wildman–Crippen MR) is 66.9 cm³/mol. The van der Waals surface area contributed by atoms with E-state index in [-0.39, 0.29) is 0 Å². The molecule has 3 nitrogen and oxygen atoms in total. The number of hydrogen-bond acceptors (Lipinski definition) is 3. The molecule has 0 radical (unpaired) electrons. The molecular weight excluding hydrogens is 242 g/mol. The lowest BCUT2D eigenvalue weighted by molar-refractivity contribution is 1.23. The Balaban J connectivity index is 2.22. The molecule has 16 heavy (non-hydrogen) atoms. The average molecular weight is 250 g/mol. The first kappa shape index (κ1) is 9.81. The summed E-state index contributed by atoms with van der Waals surface area (Å²) in [6, 6.07) is 5.69. The normalized spacial score (nSPS) is 11.1. The molecule has 3 rings (SSSR count). The number of aromatic nitrogens is 3. The van der Waals surface area contributed by atoms with Crippen molar-refractivity contribution in [3.63, 3.8) is 0 Å². The van der Waals surface area contributed by atoms with Gasteiger partial charge in [0.15, 0.2) is 5.82 Å². The standard InChI is InChI=1S/C11H8ClN3S/c1-6-13-9(5-16-6)11-14-8-4-2-3-7(12)10(8)15-11/h2-5H,1H3,(H,14,15). The second kappa shape index (κ2) is 3.57. The maximum Gasteiger partial charge on any atom is 0.158 e. The second-order valence-electron chi connectivity index (χ2n) is 3.47. The van der Waals surface area contributed by atoms with Crippen LogP contribution in [0.5, 0.6) is 0 Å². The van der Waals surface area contributed by atoms with Crippen LogP contribution < -0.4 is 0 Å². The summed E-state index contributed by atoms with van der Waals surface area (Å²) >= 11 is 7.67. The number of aromatic amines is 1. The number of hydrogen-bond donors (Lipinski definition) is 1. The molecule has 2 heterocycles. The van der Waals surface area contributed by atoms with Crippen LogP contribution in [0.1, 0.15) is 5.01 Å². The fourth-order valence-corrected chi connectivity index (χ4v) is 2.41. The summed E-state index contributed by atoms with van der Waals surface area (Å²) in [7, 11) is 0. The molecule has 0 unspecified atom stereocenters. The Kier molecular flexibility index (Phi) is 2.19. The number of imidazole rings is 1. The number of rotatable bonds is 1. The summed E-state index contributed by atoms with van der Waals surface area (Å²) in [6.45, 7) is 1.98. The van der Waals surface area contributed by atoms with Crippen molar-refractivity contribution in [2.45, 2.75) is 6.92 Å². The molecule has 0 bridgehead atoms. The van der Waals surface area contributed by atoms with E-state index in [1.54, 1.807) is 11.3 Å². The minimum absolute atomic E-state index is 0.659. The average Bonchev–Trinajstić information content (AvgIpc) is 2.84. The van der Waals surface area contributed by atoms with Crippen LogP contribution in [0.15, 0.2) is 23.6 Å². The van der Waals surface area contributed by atoms with E-state index in [1.165, 1.54) is 0 Å². The van der Waals surface area contributed by atoms with Crippen molar-refractivity contribution in [3.05, 3.63) is 33.6 Å². The van der Waals surface area contributed by atoms with Gasteiger partial charge in [0.25, 0.3) is 0 Å². The van der Waals surface area contributed by atoms with Gasteiger partial charge in [-0.2, -0.15) is 0 Å². The maximum absolute atomic E-state index is 6.06. The van der Waals surface area contributed by atoms with E-state index in [0.717, 1.165) is 27.6 Å². The third kappa shape index (κ3) is 1.50. The first-order valence-electron chi connectivity index (χ1n) is 4.81. The summed E-state index contributed by atoms with van der Waals surface area (Å²) in [4.78, 5) is 12.1. The number of benzene rings is 1. The third-order valence-corrected chi connectivity index (χ3v) is 3.40. The highest BCUT2D eigenvalue weighted by molar-refractivity contribution is 7.09. The van der Waals surface area contributed by atoms with Crippen LogP contribution in [0, 0.1) is 6.92 Å². The van der Waals surface area contributed by atoms with Gasteiger partial charge in [-0.1, -0.05) is 17.7 Å². The van der Waals surface area contributed by atoms with E-state index < -0.39 is 0 Å². The van der Waals surface area contributed by atoms with Crippen molar-refractivity contribution in [2.75, 3.05) is 0 Å². The molecule has 5 heteroatoms. The number of aryl methyl sites for hydroxylation is 1. The van der Waals surface area contributed by atoms with Crippen LogP contribution in [-0.2, 0) is 0 Å². The molecule has 0 saturated carbocycles. The molecule has 0 aliphatic rings. The summed E-state index contributed by atoms with van der Waals surface area (Å²) in [6.07, 6.45) is 0. The molecular formula is C11H8ClN3S. The Bertz CT molecular complexity index is 656. The van der Waals surface area contributed by atoms with Crippen molar-refractivity contribution in [1.29, 1.82) is 0 Å². The zero-order valence-electron chi connectivity index (χ0n) is 8.49. The van der Waals surface area contributed by atoms with Gasteiger partial charge in [-0.15, -0.1) is 11.3 Å². The van der Waals surface area contributed by atoms with Crippen LogP contribution in [0.3, 0.4) is 0 Å². The third-order valence-electron chi connectivity index (χ3n) is 2.33. The fourth-order valence-electron chi connectivity index (χ4n) is 1.59. The van der Waals surface area contributed by atoms with E-state index in [2.05, 4.69) is 15.0 Å². The molecule has 0 aliphatic heterocycles. The van der Waals surface area contributed by atoms with E-state index in [1.807, 2.05) is 30.5 Å².